The number of halogens is 2. The van der Waals surface area contributed by atoms with Crippen LogP contribution in [-0.4, -0.2) is 19.0 Å². The van der Waals surface area contributed by atoms with E-state index >= 15 is 0 Å². The third kappa shape index (κ3) is 4.41. The van der Waals surface area contributed by atoms with Crippen molar-refractivity contribution in [3.63, 3.8) is 0 Å². The molecule has 5 heteroatoms. The fourth-order valence-corrected chi connectivity index (χ4v) is 1.65. The van der Waals surface area contributed by atoms with Gasteiger partial charge in [0.25, 0.3) is 0 Å². The van der Waals surface area contributed by atoms with Crippen LogP contribution in [0.4, 0.5) is 8.78 Å². The molecular formula is C13H18F2N2O. The second-order valence-corrected chi connectivity index (χ2v) is 4.05. The number of rotatable bonds is 6. The predicted molar refractivity (Wildman–Crippen MR) is 66.1 cm³/mol. The molecule has 0 aromatic heterocycles. The molecule has 0 aliphatic rings. The summed E-state index contributed by atoms with van der Waals surface area (Å²) in [5.41, 5.74) is 0.396. The van der Waals surface area contributed by atoms with E-state index in [9.17, 15) is 13.6 Å². The van der Waals surface area contributed by atoms with Gasteiger partial charge in [0, 0.05) is 37.2 Å². The van der Waals surface area contributed by atoms with Gasteiger partial charge >= 0.3 is 0 Å². The Kier molecular flexibility index (Phi) is 5.71. The van der Waals surface area contributed by atoms with Gasteiger partial charge < -0.3 is 10.6 Å². The Morgan fingerprint density at radius 3 is 2.72 bits per heavy atom. The summed E-state index contributed by atoms with van der Waals surface area (Å²) in [6.45, 7) is 4.67. The number of carbonyl (C=O) groups is 1. The molecule has 3 nitrogen and oxygen atoms in total. The van der Waals surface area contributed by atoms with E-state index in [0.29, 0.717) is 25.1 Å². The summed E-state index contributed by atoms with van der Waals surface area (Å²) < 4.78 is 26.2. The van der Waals surface area contributed by atoms with Crippen molar-refractivity contribution in [1.29, 1.82) is 0 Å². The van der Waals surface area contributed by atoms with Crippen LogP contribution < -0.4 is 10.6 Å². The molecule has 0 saturated carbocycles. The molecule has 18 heavy (non-hydrogen) atoms. The molecule has 0 spiro atoms. The predicted octanol–water partition coefficient (Wildman–Crippen LogP) is 2.14. The van der Waals surface area contributed by atoms with Crippen LogP contribution in [0.15, 0.2) is 18.2 Å². The summed E-state index contributed by atoms with van der Waals surface area (Å²) in [5.74, 6) is -1.21. The zero-order chi connectivity index (χ0) is 13.5. The number of nitrogens with one attached hydrogen (secondary N) is 2. The Balaban J connectivity index is 2.45. The second kappa shape index (κ2) is 7.06. The van der Waals surface area contributed by atoms with Gasteiger partial charge in [0.2, 0.25) is 5.91 Å². The summed E-state index contributed by atoms with van der Waals surface area (Å²) in [7, 11) is 0. The lowest BCUT2D eigenvalue weighted by Gasteiger charge is -2.14. The lowest BCUT2D eigenvalue weighted by atomic mass is 10.1. The molecule has 0 saturated heterocycles. The van der Waals surface area contributed by atoms with E-state index in [1.807, 2.05) is 6.92 Å². The first-order chi connectivity index (χ1) is 8.54. The van der Waals surface area contributed by atoms with Crippen molar-refractivity contribution < 1.29 is 13.6 Å². The fourth-order valence-electron chi connectivity index (χ4n) is 1.65. The average molecular weight is 256 g/mol. The summed E-state index contributed by atoms with van der Waals surface area (Å²) in [4.78, 5) is 11.2. The Labute approximate surface area is 106 Å². The van der Waals surface area contributed by atoms with Gasteiger partial charge in [-0.3, -0.25) is 4.79 Å². The third-order valence-electron chi connectivity index (χ3n) is 2.61. The van der Waals surface area contributed by atoms with E-state index in [4.69, 9.17) is 0 Å². The molecule has 0 heterocycles. The molecule has 0 bridgehead atoms. The van der Waals surface area contributed by atoms with Gasteiger partial charge in [0.15, 0.2) is 0 Å². The summed E-state index contributed by atoms with van der Waals surface area (Å²) >= 11 is 0. The summed E-state index contributed by atoms with van der Waals surface area (Å²) in [6, 6.07) is 3.23. The van der Waals surface area contributed by atoms with Gasteiger partial charge in [0.05, 0.1) is 0 Å². The molecular weight excluding hydrogens is 238 g/mol. The first-order valence-corrected chi connectivity index (χ1v) is 5.99. The zero-order valence-corrected chi connectivity index (χ0v) is 10.6. The molecule has 1 aromatic carbocycles. The molecule has 100 valence electrons. The van der Waals surface area contributed by atoms with Gasteiger partial charge in [-0.2, -0.15) is 0 Å². The number of hydrogen-bond donors (Lipinski definition) is 2. The monoisotopic (exact) mass is 256 g/mol. The molecule has 1 amide bonds. The van der Waals surface area contributed by atoms with Gasteiger partial charge in [-0.1, -0.05) is 6.07 Å². The van der Waals surface area contributed by atoms with Crippen LogP contribution in [0, 0.1) is 11.6 Å². The van der Waals surface area contributed by atoms with Crippen molar-refractivity contribution in [2.45, 2.75) is 26.3 Å². The first kappa shape index (κ1) is 14.6. The van der Waals surface area contributed by atoms with Crippen LogP contribution in [-0.2, 0) is 4.79 Å². The van der Waals surface area contributed by atoms with Crippen LogP contribution >= 0.6 is 0 Å². The molecule has 0 radical (unpaired) electrons. The maximum atomic E-state index is 13.4. The Hall–Kier alpha value is -1.49. The topological polar surface area (TPSA) is 41.1 Å². The maximum absolute atomic E-state index is 13.4. The third-order valence-corrected chi connectivity index (χ3v) is 2.61. The SMILES string of the molecule is CCNC(=O)CCNC(C)c1ccc(F)cc1F. The molecule has 0 aliphatic heterocycles. The highest BCUT2D eigenvalue weighted by molar-refractivity contribution is 5.75. The van der Waals surface area contributed by atoms with E-state index in [-0.39, 0.29) is 11.9 Å². The summed E-state index contributed by atoms with van der Waals surface area (Å²) in [6.07, 6.45) is 0.334. The minimum Gasteiger partial charge on any atom is -0.356 e. The van der Waals surface area contributed by atoms with Gasteiger partial charge in [0.1, 0.15) is 11.6 Å². The minimum atomic E-state index is -0.592. The lowest BCUT2D eigenvalue weighted by molar-refractivity contribution is -0.120. The molecule has 2 N–H and O–H groups in total. The quantitative estimate of drug-likeness (QED) is 0.818. The number of hydrogen-bond acceptors (Lipinski definition) is 2. The maximum Gasteiger partial charge on any atom is 0.221 e. The van der Waals surface area contributed by atoms with Crippen molar-refractivity contribution in [3.05, 3.63) is 35.4 Å². The van der Waals surface area contributed by atoms with Crippen LogP contribution in [0.2, 0.25) is 0 Å². The van der Waals surface area contributed by atoms with E-state index in [1.54, 1.807) is 6.92 Å². The van der Waals surface area contributed by atoms with Crippen molar-refractivity contribution >= 4 is 5.91 Å². The van der Waals surface area contributed by atoms with Crippen LogP contribution in [0.3, 0.4) is 0 Å². The largest absolute Gasteiger partial charge is 0.356 e. The van der Waals surface area contributed by atoms with Crippen LogP contribution in [0.1, 0.15) is 31.9 Å². The van der Waals surface area contributed by atoms with Crippen LogP contribution in [0.25, 0.3) is 0 Å². The van der Waals surface area contributed by atoms with E-state index in [0.717, 1.165) is 6.07 Å². The van der Waals surface area contributed by atoms with Gasteiger partial charge in [-0.25, -0.2) is 8.78 Å². The highest BCUT2D eigenvalue weighted by Gasteiger charge is 2.11. The van der Waals surface area contributed by atoms with Crippen molar-refractivity contribution in [1.82, 2.24) is 10.6 Å². The molecule has 1 rings (SSSR count). The Morgan fingerprint density at radius 1 is 1.39 bits per heavy atom. The Morgan fingerprint density at radius 2 is 2.11 bits per heavy atom. The van der Waals surface area contributed by atoms with Crippen molar-refractivity contribution in [3.8, 4) is 0 Å². The zero-order valence-electron chi connectivity index (χ0n) is 10.6. The smallest absolute Gasteiger partial charge is 0.221 e. The normalized spacial score (nSPS) is 12.2. The van der Waals surface area contributed by atoms with Gasteiger partial charge in [-0.15, -0.1) is 0 Å². The number of benzene rings is 1. The van der Waals surface area contributed by atoms with Gasteiger partial charge in [-0.05, 0) is 19.9 Å². The molecule has 0 aliphatic carbocycles. The van der Waals surface area contributed by atoms with Crippen molar-refractivity contribution in [2.24, 2.45) is 0 Å². The second-order valence-electron chi connectivity index (χ2n) is 4.05. The van der Waals surface area contributed by atoms with E-state index < -0.39 is 11.6 Å². The molecule has 1 aromatic rings. The number of amides is 1. The van der Waals surface area contributed by atoms with E-state index in [1.165, 1.54) is 12.1 Å². The van der Waals surface area contributed by atoms with E-state index in [2.05, 4.69) is 10.6 Å². The molecule has 1 unspecified atom stereocenters. The number of carbonyl (C=O) groups excluding carboxylic acids is 1. The fraction of sp³-hybridized carbons (Fsp3) is 0.462. The lowest BCUT2D eigenvalue weighted by Crippen LogP contribution is -2.28. The standard InChI is InChI=1S/C13H18F2N2O/c1-3-16-13(18)6-7-17-9(2)11-5-4-10(14)8-12(11)15/h4-5,8-9,17H,3,6-7H2,1-2H3,(H,16,18). The first-order valence-electron chi connectivity index (χ1n) is 5.99. The highest BCUT2D eigenvalue weighted by Crippen LogP contribution is 2.17. The van der Waals surface area contributed by atoms with Crippen molar-refractivity contribution in [2.75, 3.05) is 13.1 Å². The average Bonchev–Trinajstić information content (AvgIpc) is 2.29. The van der Waals surface area contributed by atoms with Crippen LogP contribution in [0.5, 0.6) is 0 Å². The highest BCUT2D eigenvalue weighted by atomic mass is 19.1. The minimum absolute atomic E-state index is 0.0446. The molecule has 0 fully saturated rings. The Bertz CT molecular complexity index is 410. The summed E-state index contributed by atoms with van der Waals surface area (Å²) in [5, 5.41) is 5.70. The molecule has 1 atom stereocenters.